The summed E-state index contributed by atoms with van der Waals surface area (Å²) >= 11 is 3.68. The first-order valence-electron chi connectivity index (χ1n) is 18.8. The summed E-state index contributed by atoms with van der Waals surface area (Å²) in [5.74, 6) is 0.707. The van der Waals surface area contributed by atoms with Crippen molar-refractivity contribution in [1.29, 1.82) is 0 Å². The Labute approximate surface area is 332 Å². The maximum Gasteiger partial charge on any atom is 0.160 e. The fourth-order valence-corrected chi connectivity index (χ4v) is 10.3. The van der Waals surface area contributed by atoms with Crippen LogP contribution in [0.2, 0.25) is 0 Å². The van der Waals surface area contributed by atoms with Gasteiger partial charge in [0, 0.05) is 57.0 Å². The summed E-state index contributed by atoms with van der Waals surface area (Å²) in [5.41, 5.74) is 12.0. The third-order valence-corrected chi connectivity index (χ3v) is 13.1. The first-order valence-corrected chi connectivity index (χ1v) is 20.4. The van der Waals surface area contributed by atoms with E-state index in [-0.39, 0.29) is 0 Å². The predicted molar refractivity (Wildman–Crippen MR) is 240 cm³/mol. The van der Waals surface area contributed by atoms with E-state index in [0.29, 0.717) is 5.82 Å². The highest BCUT2D eigenvalue weighted by molar-refractivity contribution is 7.26. The molecule has 11 aromatic rings. The molecule has 0 radical (unpaired) electrons. The number of nitrogens with zero attached hydrogens (tertiary/aromatic N) is 2. The van der Waals surface area contributed by atoms with Gasteiger partial charge in [0.1, 0.15) is 0 Å². The largest absolute Gasteiger partial charge is 0.228 e. The van der Waals surface area contributed by atoms with E-state index in [1.165, 1.54) is 62.6 Å². The average molecular weight is 749 g/mol. The van der Waals surface area contributed by atoms with Crippen molar-refractivity contribution < 1.29 is 0 Å². The Morgan fingerprint density at radius 2 is 0.839 bits per heavy atom. The lowest BCUT2D eigenvalue weighted by molar-refractivity contribution is 1.19. The van der Waals surface area contributed by atoms with Crippen molar-refractivity contribution in [2.24, 2.45) is 0 Å². The van der Waals surface area contributed by atoms with Crippen molar-refractivity contribution in [3.8, 4) is 67.3 Å². The zero-order valence-electron chi connectivity index (χ0n) is 30.2. The second-order valence-electron chi connectivity index (χ2n) is 14.1. The Balaban J connectivity index is 1.17. The molecule has 0 aliphatic carbocycles. The van der Waals surface area contributed by atoms with E-state index in [0.717, 1.165) is 39.2 Å². The van der Waals surface area contributed by atoms with E-state index in [9.17, 15) is 0 Å². The van der Waals surface area contributed by atoms with Crippen LogP contribution in [0.4, 0.5) is 0 Å². The maximum atomic E-state index is 5.35. The Morgan fingerprint density at radius 1 is 0.286 bits per heavy atom. The summed E-state index contributed by atoms with van der Waals surface area (Å²) < 4.78 is 5.11. The molecule has 0 bridgehead atoms. The van der Waals surface area contributed by atoms with Crippen LogP contribution in [-0.2, 0) is 0 Å². The quantitative estimate of drug-likeness (QED) is 0.169. The van der Waals surface area contributed by atoms with Crippen LogP contribution in [0.15, 0.2) is 194 Å². The zero-order chi connectivity index (χ0) is 37.0. The number of fused-ring (bicyclic) bond motifs is 6. The summed E-state index contributed by atoms with van der Waals surface area (Å²) in [5, 5.41) is 5.11. The number of hydrogen-bond acceptors (Lipinski definition) is 4. The number of thiophene rings is 2. The summed E-state index contributed by atoms with van der Waals surface area (Å²) in [7, 11) is 0. The van der Waals surface area contributed by atoms with Crippen LogP contribution < -0.4 is 0 Å². The SMILES string of the molecule is c1ccc(-c2nc(-c3cc(-c4ccc5sc6ccccc6c5c4)cc(-c4ccccc4-c4ccccc4)c3)cc(-c3cccc4c3sc3ccccc34)n2)cc1. The van der Waals surface area contributed by atoms with E-state index in [4.69, 9.17) is 9.97 Å². The predicted octanol–water partition coefficient (Wildman–Crippen LogP) is 15.2. The molecule has 4 heteroatoms. The normalized spacial score (nSPS) is 11.6. The van der Waals surface area contributed by atoms with Crippen LogP contribution in [-0.4, -0.2) is 9.97 Å². The first-order chi connectivity index (χ1) is 27.7. The van der Waals surface area contributed by atoms with Gasteiger partial charge in [-0.1, -0.05) is 146 Å². The molecule has 8 aromatic carbocycles. The molecular weight excluding hydrogens is 717 g/mol. The number of hydrogen-bond donors (Lipinski definition) is 0. The summed E-state index contributed by atoms with van der Waals surface area (Å²) in [6, 6.07) is 69.8. The van der Waals surface area contributed by atoms with Crippen molar-refractivity contribution in [1.82, 2.24) is 9.97 Å². The molecular formula is C52H32N2S2. The highest BCUT2D eigenvalue weighted by Crippen LogP contribution is 2.43. The lowest BCUT2D eigenvalue weighted by Crippen LogP contribution is -1.97. The highest BCUT2D eigenvalue weighted by atomic mass is 32.1. The van der Waals surface area contributed by atoms with E-state index in [1.54, 1.807) is 0 Å². The van der Waals surface area contributed by atoms with Gasteiger partial charge in [-0.2, -0.15) is 0 Å². The third kappa shape index (κ3) is 5.70. The molecule has 0 amide bonds. The molecule has 2 nitrogen and oxygen atoms in total. The van der Waals surface area contributed by atoms with Crippen molar-refractivity contribution in [2.75, 3.05) is 0 Å². The molecule has 3 heterocycles. The first kappa shape index (κ1) is 32.7. The second-order valence-corrected chi connectivity index (χ2v) is 16.3. The number of rotatable bonds is 6. The third-order valence-electron chi connectivity index (χ3n) is 10.7. The molecule has 0 unspecified atom stereocenters. The molecule has 262 valence electrons. The van der Waals surface area contributed by atoms with E-state index in [1.807, 2.05) is 28.7 Å². The van der Waals surface area contributed by atoms with Crippen LogP contribution in [0, 0.1) is 0 Å². The van der Waals surface area contributed by atoms with Gasteiger partial charge in [0.2, 0.25) is 0 Å². The minimum absolute atomic E-state index is 0.707. The lowest BCUT2D eigenvalue weighted by Gasteiger charge is -2.15. The topological polar surface area (TPSA) is 25.8 Å². The van der Waals surface area contributed by atoms with Crippen LogP contribution in [0.25, 0.3) is 108 Å². The molecule has 0 aliphatic rings. The molecule has 56 heavy (non-hydrogen) atoms. The number of aromatic nitrogens is 2. The van der Waals surface area contributed by atoms with Crippen LogP contribution in [0.3, 0.4) is 0 Å². The molecule has 0 saturated heterocycles. The zero-order valence-corrected chi connectivity index (χ0v) is 31.8. The molecule has 0 N–H and O–H groups in total. The second kappa shape index (κ2) is 13.5. The van der Waals surface area contributed by atoms with Crippen LogP contribution in [0.1, 0.15) is 0 Å². The fraction of sp³-hybridized carbons (Fsp3) is 0. The maximum absolute atomic E-state index is 5.35. The van der Waals surface area contributed by atoms with Gasteiger partial charge in [0.05, 0.1) is 11.4 Å². The Bertz CT molecular complexity index is 3250. The summed E-state index contributed by atoms with van der Waals surface area (Å²) in [6.07, 6.45) is 0. The molecule has 0 spiro atoms. The molecule has 11 rings (SSSR count). The van der Waals surface area contributed by atoms with Gasteiger partial charge in [-0.05, 0) is 81.9 Å². The lowest BCUT2D eigenvalue weighted by atomic mass is 9.90. The average Bonchev–Trinajstić information content (AvgIpc) is 3.85. The molecule has 0 fully saturated rings. The van der Waals surface area contributed by atoms with Gasteiger partial charge < -0.3 is 0 Å². The minimum Gasteiger partial charge on any atom is -0.228 e. The Kier molecular flexibility index (Phi) is 7.90. The molecule has 0 saturated carbocycles. The van der Waals surface area contributed by atoms with Gasteiger partial charge in [-0.15, -0.1) is 22.7 Å². The van der Waals surface area contributed by atoms with E-state index < -0.39 is 0 Å². The fourth-order valence-electron chi connectivity index (χ4n) is 8.01. The summed E-state index contributed by atoms with van der Waals surface area (Å²) in [6.45, 7) is 0. The minimum atomic E-state index is 0.707. The van der Waals surface area contributed by atoms with Crippen LogP contribution in [0.5, 0.6) is 0 Å². The Hall–Kier alpha value is -6.72. The summed E-state index contributed by atoms with van der Waals surface area (Å²) in [4.78, 5) is 10.6. The van der Waals surface area contributed by atoms with Gasteiger partial charge in [0.15, 0.2) is 5.82 Å². The van der Waals surface area contributed by atoms with Crippen molar-refractivity contribution >= 4 is 63.0 Å². The van der Waals surface area contributed by atoms with E-state index in [2.05, 4.69) is 188 Å². The number of benzene rings is 8. The molecule has 3 aromatic heterocycles. The van der Waals surface area contributed by atoms with Crippen molar-refractivity contribution in [3.05, 3.63) is 194 Å². The monoisotopic (exact) mass is 748 g/mol. The van der Waals surface area contributed by atoms with E-state index >= 15 is 0 Å². The van der Waals surface area contributed by atoms with Gasteiger partial charge in [0.25, 0.3) is 0 Å². The van der Waals surface area contributed by atoms with Gasteiger partial charge in [-0.25, -0.2) is 9.97 Å². The molecule has 0 aliphatic heterocycles. The molecule has 0 atom stereocenters. The smallest absolute Gasteiger partial charge is 0.160 e. The van der Waals surface area contributed by atoms with Gasteiger partial charge in [-0.3, -0.25) is 0 Å². The van der Waals surface area contributed by atoms with Crippen molar-refractivity contribution in [2.45, 2.75) is 0 Å². The Morgan fingerprint density at radius 3 is 1.62 bits per heavy atom. The standard InChI is InChI=1S/C52H32N2S2/c1-3-14-33(15-4-1)39-18-7-8-19-40(39)37-28-36(35-26-27-50-45(31-35)42-21-10-11-24-48(42)55-50)29-38(30-37)46-32-47(54-52(53-46)34-16-5-2-6-17-34)44-23-13-22-43-41-20-9-12-25-49(41)56-51(43)44/h1-32H. The highest BCUT2D eigenvalue weighted by Gasteiger charge is 2.18. The van der Waals surface area contributed by atoms with Crippen LogP contribution >= 0.6 is 22.7 Å². The van der Waals surface area contributed by atoms with Gasteiger partial charge >= 0.3 is 0 Å². The van der Waals surface area contributed by atoms with Crippen molar-refractivity contribution in [3.63, 3.8) is 0 Å².